The van der Waals surface area contributed by atoms with Crippen LogP contribution in [0, 0.1) is 0 Å². The topological polar surface area (TPSA) is 58.6 Å². The minimum Gasteiger partial charge on any atom is -0.481 e. The minimum atomic E-state index is -0.614. The zero-order chi connectivity index (χ0) is 18.8. The number of carbonyl (C=O) groups excluding carboxylic acids is 1. The van der Waals surface area contributed by atoms with E-state index in [4.69, 9.17) is 14.7 Å². The molecule has 27 heavy (non-hydrogen) atoms. The summed E-state index contributed by atoms with van der Waals surface area (Å²) in [6, 6.07) is 17.1. The third-order valence-corrected chi connectivity index (χ3v) is 4.70. The minimum absolute atomic E-state index is 0.111. The van der Waals surface area contributed by atoms with E-state index in [1.807, 2.05) is 61.6 Å². The van der Waals surface area contributed by atoms with Crippen molar-refractivity contribution in [3.8, 4) is 5.75 Å². The Morgan fingerprint density at radius 1 is 0.963 bits per heavy atom. The highest BCUT2D eigenvalue weighted by atomic mass is 16.5. The number of rotatable bonds is 3. The highest BCUT2D eigenvalue weighted by Gasteiger charge is 2.30. The second-order valence-electron chi connectivity index (χ2n) is 6.70. The SMILES string of the molecule is CC(Oc1ccccc1)C(=O)N1CCCN(C)c2nc3ccccc3nc21. The Labute approximate surface area is 158 Å². The van der Waals surface area contributed by atoms with Crippen molar-refractivity contribution in [1.82, 2.24) is 9.97 Å². The van der Waals surface area contributed by atoms with Crippen molar-refractivity contribution < 1.29 is 9.53 Å². The van der Waals surface area contributed by atoms with E-state index in [1.54, 1.807) is 11.8 Å². The lowest BCUT2D eigenvalue weighted by Crippen LogP contribution is -2.41. The van der Waals surface area contributed by atoms with E-state index in [9.17, 15) is 4.79 Å². The molecular weight excluding hydrogens is 340 g/mol. The number of amides is 1. The van der Waals surface area contributed by atoms with Gasteiger partial charge in [0.2, 0.25) is 0 Å². The molecule has 1 unspecified atom stereocenters. The Morgan fingerprint density at radius 3 is 2.30 bits per heavy atom. The van der Waals surface area contributed by atoms with Gasteiger partial charge in [-0.1, -0.05) is 30.3 Å². The summed E-state index contributed by atoms with van der Waals surface area (Å²) < 4.78 is 5.85. The molecule has 0 radical (unpaired) electrons. The van der Waals surface area contributed by atoms with Gasteiger partial charge >= 0.3 is 0 Å². The van der Waals surface area contributed by atoms with Crippen molar-refractivity contribution in [1.29, 1.82) is 0 Å². The molecule has 0 saturated carbocycles. The van der Waals surface area contributed by atoms with Crippen LogP contribution >= 0.6 is 0 Å². The normalized spacial score (nSPS) is 15.2. The lowest BCUT2D eigenvalue weighted by molar-refractivity contribution is -0.124. The second-order valence-corrected chi connectivity index (χ2v) is 6.70. The Bertz CT molecular complexity index is 961. The quantitative estimate of drug-likeness (QED) is 0.716. The van der Waals surface area contributed by atoms with Crippen LogP contribution in [0.1, 0.15) is 13.3 Å². The fourth-order valence-corrected chi connectivity index (χ4v) is 3.28. The summed E-state index contributed by atoms with van der Waals surface area (Å²) in [5, 5.41) is 0. The number of hydrogen-bond acceptors (Lipinski definition) is 5. The number of ether oxygens (including phenoxy) is 1. The van der Waals surface area contributed by atoms with Gasteiger partial charge < -0.3 is 9.64 Å². The molecule has 4 rings (SSSR count). The van der Waals surface area contributed by atoms with Gasteiger partial charge in [-0.05, 0) is 37.6 Å². The van der Waals surface area contributed by atoms with Crippen molar-refractivity contribution in [3.05, 3.63) is 54.6 Å². The van der Waals surface area contributed by atoms with E-state index in [0.29, 0.717) is 18.1 Å². The molecule has 1 atom stereocenters. The van der Waals surface area contributed by atoms with Crippen LogP contribution in [0.25, 0.3) is 11.0 Å². The first-order valence-corrected chi connectivity index (χ1v) is 9.14. The van der Waals surface area contributed by atoms with Crippen LogP contribution in [0.3, 0.4) is 0 Å². The molecule has 2 aromatic carbocycles. The maximum absolute atomic E-state index is 13.2. The summed E-state index contributed by atoms with van der Waals surface area (Å²) in [5.74, 6) is 1.89. The lowest BCUT2D eigenvalue weighted by Gasteiger charge is -2.25. The smallest absolute Gasteiger partial charge is 0.269 e. The number of hydrogen-bond donors (Lipinski definition) is 0. The fraction of sp³-hybridized carbons (Fsp3) is 0.286. The van der Waals surface area contributed by atoms with Crippen LogP contribution in [-0.2, 0) is 4.79 Å². The number of benzene rings is 2. The molecule has 1 aliphatic heterocycles. The molecule has 0 fully saturated rings. The Kier molecular flexibility index (Phi) is 4.62. The third-order valence-electron chi connectivity index (χ3n) is 4.70. The number of nitrogens with zero attached hydrogens (tertiary/aromatic N) is 4. The van der Waals surface area contributed by atoms with Gasteiger partial charge in [0.1, 0.15) is 5.75 Å². The summed E-state index contributed by atoms with van der Waals surface area (Å²) in [7, 11) is 1.99. The fourth-order valence-electron chi connectivity index (χ4n) is 3.28. The largest absolute Gasteiger partial charge is 0.481 e. The van der Waals surface area contributed by atoms with E-state index in [0.717, 1.165) is 29.8 Å². The van der Waals surface area contributed by atoms with Crippen LogP contribution in [0.2, 0.25) is 0 Å². The standard InChI is InChI=1S/C21H22N4O2/c1-15(27-16-9-4-3-5-10-16)21(26)25-14-8-13-24(2)19-20(25)23-18-12-7-6-11-17(18)22-19/h3-7,9-12,15H,8,13-14H2,1-2H3. The van der Waals surface area contributed by atoms with Crippen molar-refractivity contribution in [2.75, 3.05) is 29.9 Å². The molecule has 0 N–H and O–H groups in total. The van der Waals surface area contributed by atoms with Crippen LogP contribution < -0.4 is 14.5 Å². The number of fused-ring (bicyclic) bond motifs is 2. The maximum atomic E-state index is 13.2. The summed E-state index contributed by atoms with van der Waals surface area (Å²) in [5.41, 5.74) is 1.60. The first-order valence-electron chi connectivity index (χ1n) is 9.14. The maximum Gasteiger partial charge on any atom is 0.269 e. The van der Waals surface area contributed by atoms with Crippen molar-refractivity contribution >= 4 is 28.6 Å². The zero-order valence-electron chi connectivity index (χ0n) is 15.5. The molecule has 138 valence electrons. The highest BCUT2D eigenvalue weighted by molar-refractivity contribution is 5.99. The first kappa shape index (κ1) is 17.3. The molecule has 1 aliphatic rings. The summed E-state index contributed by atoms with van der Waals surface area (Å²) in [4.78, 5) is 26.5. The van der Waals surface area contributed by atoms with Gasteiger partial charge in [0.25, 0.3) is 5.91 Å². The van der Waals surface area contributed by atoms with Gasteiger partial charge in [0, 0.05) is 20.1 Å². The molecule has 0 bridgehead atoms. The van der Waals surface area contributed by atoms with E-state index in [-0.39, 0.29) is 5.91 Å². The molecular formula is C21H22N4O2. The average molecular weight is 362 g/mol. The van der Waals surface area contributed by atoms with Crippen LogP contribution in [0.15, 0.2) is 54.6 Å². The number of anilines is 2. The number of carbonyl (C=O) groups is 1. The van der Waals surface area contributed by atoms with Gasteiger partial charge in [-0.25, -0.2) is 9.97 Å². The molecule has 6 nitrogen and oxygen atoms in total. The molecule has 0 spiro atoms. The van der Waals surface area contributed by atoms with Crippen LogP contribution in [0.5, 0.6) is 5.75 Å². The predicted octanol–water partition coefficient (Wildman–Crippen LogP) is 3.27. The molecule has 3 aromatic rings. The van der Waals surface area contributed by atoms with Crippen molar-refractivity contribution in [2.24, 2.45) is 0 Å². The molecule has 2 heterocycles. The lowest BCUT2D eigenvalue weighted by atomic mass is 10.2. The van der Waals surface area contributed by atoms with E-state index in [1.165, 1.54) is 0 Å². The highest BCUT2D eigenvalue weighted by Crippen LogP contribution is 2.30. The molecule has 0 saturated heterocycles. The molecule has 1 amide bonds. The monoisotopic (exact) mass is 362 g/mol. The molecule has 6 heteroatoms. The zero-order valence-corrected chi connectivity index (χ0v) is 15.5. The summed E-state index contributed by atoms with van der Waals surface area (Å²) in [6.07, 6.45) is 0.228. The van der Waals surface area contributed by atoms with Gasteiger partial charge in [-0.3, -0.25) is 9.69 Å². The predicted molar refractivity (Wildman–Crippen MR) is 106 cm³/mol. The number of aromatic nitrogens is 2. The van der Waals surface area contributed by atoms with Gasteiger partial charge in [0.05, 0.1) is 11.0 Å². The second kappa shape index (κ2) is 7.23. The summed E-state index contributed by atoms with van der Waals surface area (Å²) in [6.45, 7) is 3.18. The Balaban J connectivity index is 1.69. The van der Waals surface area contributed by atoms with Crippen LogP contribution in [0.4, 0.5) is 11.6 Å². The molecule has 0 aliphatic carbocycles. The van der Waals surface area contributed by atoms with Gasteiger partial charge in [0.15, 0.2) is 17.7 Å². The summed E-state index contributed by atoms with van der Waals surface area (Å²) >= 11 is 0. The Morgan fingerprint density at radius 2 is 1.59 bits per heavy atom. The van der Waals surface area contributed by atoms with E-state index < -0.39 is 6.10 Å². The van der Waals surface area contributed by atoms with Crippen LogP contribution in [-0.4, -0.2) is 42.1 Å². The van der Waals surface area contributed by atoms with Gasteiger partial charge in [-0.15, -0.1) is 0 Å². The van der Waals surface area contributed by atoms with E-state index >= 15 is 0 Å². The van der Waals surface area contributed by atoms with Gasteiger partial charge in [-0.2, -0.15) is 0 Å². The van der Waals surface area contributed by atoms with Crippen molar-refractivity contribution in [2.45, 2.75) is 19.4 Å². The third kappa shape index (κ3) is 3.43. The van der Waals surface area contributed by atoms with Crippen molar-refractivity contribution in [3.63, 3.8) is 0 Å². The molecule has 1 aromatic heterocycles. The number of para-hydroxylation sites is 3. The Hall–Kier alpha value is -3.15. The van der Waals surface area contributed by atoms with E-state index in [2.05, 4.69) is 4.90 Å². The average Bonchev–Trinajstić information content (AvgIpc) is 2.85. The first-order chi connectivity index (χ1) is 13.1.